The third kappa shape index (κ3) is 3.15. The minimum absolute atomic E-state index is 0.0234. The zero-order chi connectivity index (χ0) is 14.0. The molecule has 2 rings (SSSR count). The van der Waals surface area contributed by atoms with Gasteiger partial charge in [-0.1, -0.05) is 43.5 Å². The molecule has 1 fully saturated rings. The van der Waals surface area contributed by atoms with E-state index in [9.17, 15) is 9.18 Å². The summed E-state index contributed by atoms with van der Waals surface area (Å²) < 4.78 is 13.8. The summed E-state index contributed by atoms with van der Waals surface area (Å²) in [6.07, 6.45) is 3.47. The summed E-state index contributed by atoms with van der Waals surface area (Å²) in [6.45, 7) is 2.11. The number of hydrogen-bond acceptors (Lipinski definition) is 2. The molecular weight excluding hydrogens is 265 g/mol. The Morgan fingerprint density at radius 1 is 1.58 bits per heavy atom. The molecule has 1 saturated carbocycles. The van der Waals surface area contributed by atoms with Crippen LogP contribution in [-0.4, -0.2) is 11.3 Å². The van der Waals surface area contributed by atoms with E-state index in [1.165, 1.54) is 6.07 Å². The number of halogens is 2. The van der Waals surface area contributed by atoms with Gasteiger partial charge in [0.15, 0.2) is 5.78 Å². The second kappa shape index (κ2) is 5.59. The van der Waals surface area contributed by atoms with E-state index < -0.39 is 11.4 Å². The molecule has 0 aromatic heterocycles. The van der Waals surface area contributed by atoms with Crippen molar-refractivity contribution in [3.63, 3.8) is 0 Å². The molecule has 0 spiro atoms. The van der Waals surface area contributed by atoms with Gasteiger partial charge >= 0.3 is 0 Å². The summed E-state index contributed by atoms with van der Waals surface area (Å²) >= 11 is 5.72. The highest BCUT2D eigenvalue weighted by Gasteiger charge is 2.37. The molecule has 2 nitrogen and oxygen atoms in total. The number of ketones is 1. The number of Topliss-reactive ketones (excluding diaryl/α,β-unsaturated/α-hetero) is 1. The summed E-state index contributed by atoms with van der Waals surface area (Å²) in [4.78, 5) is 12.4. The highest BCUT2D eigenvalue weighted by molar-refractivity contribution is 6.30. The van der Waals surface area contributed by atoms with Gasteiger partial charge in [0, 0.05) is 6.42 Å². The number of benzene rings is 1. The lowest BCUT2D eigenvalue weighted by Gasteiger charge is -2.35. The number of nitrogens with two attached hydrogens (primary N) is 1. The Morgan fingerprint density at radius 2 is 2.32 bits per heavy atom. The van der Waals surface area contributed by atoms with Crippen molar-refractivity contribution in [2.45, 2.75) is 44.6 Å². The van der Waals surface area contributed by atoms with E-state index in [0.29, 0.717) is 24.3 Å². The molecule has 104 valence electrons. The van der Waals surface area contributed by atoms with Crippen molar-refractivity contribution in [2.24, 2.45) is 11.7 Å². The minimum Gasteiger partial charge on any atom is -0.319 e. The fraction of sp³-hybridized carbons (Fsp3) is 0.533. The van der Waals surface area contributed by atoms with Crippen molar-refractivity contribution in [1.29, 1.82) is 0 Å². The molecule has 0 heterocycles. The summed E-state index contributed by atoms with van der Waals surface area (Å²) in [5, 5.41) is 0.0494. The second-order valence-electron chi connectivity index (χ2n) is 5.67. The van der Waals surface area contributed by atoms with Crippen LogP contribution in [0.25, 0.3) is 0 Å². The summed E-state index contributed by atoms with van der Waals surface area (Å²) in [7, 11) is 0. The molecule has 1 aromatic rings. The predicted octanol–water partition coefficient (Wildman–Crippen LogP) is 3.50. The van der Waals surface area contributed by atoms with Gasteiger partial charge in [-0.3, -0.25) is 4.79 Å². The summed E-state index contributed by atoms with van der Waals surface area (Å²) in [5.74, 6) is -0.142. The number of carbonyl (C=O) groups excluding carboxylic acids is 1. The van der Waals surface area contributed by atoms with Gasteiger partial charge in [0.05, 0.1) is 10.6 Å². The first-order chi connectivity index (χ1) is 8.92. The first kappa shape index (κ1) is 14.5. The third-order valence-electron chi connectivity index (χ3n) is 3.97. The Hall–Kier alpha value is -0.930. The van der Waals surface area contributed by atoms with Crippen LogP contribution in [0.15, 0.2) is 18.2 Å². The monoisotopic (exact) mass is 283 g/mol. The Bertz CT molecular complexity index is 491. The van der Waals surface area contributed by atoms with Crippen LogP contribution in [-0.2, 0) is 11.2 Å². The highest BCUT2D eigenvalue weighted by Crippen LogP contribution is 2.32. The second-order valence-corrected chi connectivity index (χ2v) is 6.08. The molecule has 0 bridgehead atoms. The molecule has 0 amide bonds. The Labute approximate surface area is 118 Å². The summed E-state index contributed by atoms with van der Waals surface area (Å²) in [5.41, 5.74) is 5.76. The van der Waals surface area contributed by atoms with Gasteiger partial charge in [0.25, 0.3) is 0 Å². The number of rotatable bonds is 3. The average molecular weight is 284 g/mol. The molecule has 2 atom stereocenters. The Balaban J connectivity index is 2.14. The van der Waals surface area contributed by atoms with Gasteiger partial charge in [-0.15, -0.1) is 0 Å². The molecule has 2 N–H and O–H groups in total. The van der Waals surface area contributed by atoms with Crippen LogP contribution in [0.2, 0.25) is 5.02 Å². The first-order valence-electron chi connectivity index (χ1n) is 6.67. The molecule has 2 unspecified atom stereocenters. The summed E-state index contributed by atoms with van der Waals surface area (Å²) in [6, 6.07) is 4.72. The Morgan fingerprint density at radius 3 is 3.00 bits per heavy atom. The van der Waals surface area contributed by atoms with Crippen LogP contribution in [0.1, 0.15) is 38.2 Å². The van der Waals surface area contributed by atoms with Crippen molar-refractivity contribution < 1.29 is 9.18 Å². The molecule has 0 saturated heterocycles. The zero-order valence-corrected chi connectivity index (χ0v) is 11.8. The van der Waals surface area contributed by atoms with Crippen LogP contribution in [0.5, 0.6) is 0 Å². The smallest absolute Gasteiger partial charge is 0.157 e. The van der Waals surface area contributed by atoms with E-state index in [4.69, 9.17) is 17.3 Å². The maximum Gasteiger partial charge on any atom is 0.157 e. The number of carbonyl (C=O) groups is 1. The molecule has 4 heteroatoms. The fourth-order valence-corrected chi connectivity index (χ4v) is 3.07. The highest BCUT2D eigenvalue weighted by atomic mass is 35.5. The van der Waals surface area contributed by atoms with E-state index in [2.05, 4.69) is 6.92 Å². The van der Waals surface area contributed by atoms with E-state index in [1.807, 2.05) is 0 Å². The zero-order valence-electron chi connectivity index (χ0n) is 11.1. The Kier molecular flexibility index (Phi) is 4.26. The minimum atomic E-state index is -0.799. The van der Waals surface area contributed by atoms with E-state index >= 15 is 0 Å². The van der Waals surface area contributed by atoms with Gasteiger partial charge in [-0.25, -0.2) is 4.39 Å². The first-order valence-corrected chi connectivity index (χ1v) is 7.05. The van der Waals surface area contributed by atoms with Crippen LogP contribution in [0, 0.1) is 11.7 Å². The fourth-order valence-electron chi connectivity index (χ4n) is 2.88. The van der Waals surface area contributed by atoms with Crippen LogP contribution in [0.4, 0.5) is 4.39 Å². The van der Waals surface area contributed by atoms with E-state index in [1.54, 1.807) is 12.1 Å². The van der Waals surface area contributed by atoms with Crippen molar-refractivity contribution in [2.75, 3.05) is 0 Å². The molecular formula is C15H19ClFNO. The van der Waals surface area contributed by atoms with Gasteiger partial charge in [-0.05, 0) is 30.4 Å². The van der Waals surface area contributed by atoms with E-state index in [0.717, 1.165) is 12.8 Å². The van der Waals surface area contributed by atoms with Gasteiger partial charge < -0.3 is 5.73 Å². The topological polar surface area (TPSA) is 43.1 Å². The third-order valence-corrected chi connectivity index (χ3v) is 4.26. The molecule has 1 aromatic carbocycles. The number of hydrogen-bond donors (Lipinski definition) is 1. The molecule has 0 radical (unpaired) electrons. The maximum absolute atomic E-state index is 13.8. The SMILES string of the molecule is CC1CCCC(N)(C(=O)Cc2cccc(Cl)c2F)C1. The van der Waals surface area contributed by atoms with Crippen molar-refractivity contribution >= 4 is 17.4 Å². The quantitative estimate of drug-likeness (QED) is 0.923. The van der Waals surface area contributed by atoms with Crippen LogP contribution in [0.3, 0.4) is 0 Å². The molecule has 19 heavy (non-hydrogen) atoms. The lowest BCUT2D eigenvalue weighted by molar-refractivity contribution is -0.125. The molecule has 0 aliphatic heterocycles. The average Bonchev–Trinajstić information content (AvgIpc) is 2.34. The standard InChI is InChI=1S/C15H19ClFNO/c1-10-4-3-7-15(18,9-10)13(19)8-11-5-2-6-12(16)14(11)17/h2,5-6,10H,3-4,7-9,18H2,1H3. The van der Waals surface area contributed by atoms with Crippen LogP contribution >= 0.6 is 11.6 Å². The van der Waals surface area contributed by atoms with Crippen LogP contribution < -0.4 is 5.73 Å². The van der Waals surface area contributed by atoms with Crippen molar-refractivity contribution in [3.05, 3.63) is 34.6 Å². The van der Waals surface area contributed by atoms with Gasteiger partial charge in [0.2, 0.25) is 0 Å². The molecule has 1 aliphatic carbocycles. The van der Waals surface area contributed by atoms with Gasteiger partial charge in [0.1, 0.15) is 5.82 Å². The van der Waals surface area contributed by atoms with E-state index in [-0.39, 0.29) is 17.2 Å². The van der Waals surface area contributed by atoms with Gasteiger partial charge in [-0.2, -0.15) is 0 Å². The lowest BCUT2D eigenvalue weighted by Crippen LogP contribution is -2.51. The predicted molar refractivity (Wildman–Crippen MR) is 74.7 cm³/mol. The lowest BCUT2D eigenvalue weighted by atomic mass is 9.73. The van der Waals surface area contributed by atoms with Crippen molar-refractivity contribution in [1.82, 2.24) is 0 Å². The largest absolute Gasteiger partial charge is 0.319 e. The maximum atomic E-state index is 13.8. The van der Waals surface area contributed by atoms with Crippen molar-refractivity contribution in [3.8, 4) is 0 Å². The normalized spacial score (nSPS) is 27.3. The molecule has 1 aliphatic rings.